The van der Waals surface area contributed by atoms with Gasteiger partial charge in [0.25, 0.3) is 0 Å². The summed E-state index contributed by atoms with van der Waals surface area (Å²) in [7, 11) is 1.63. The minimum Gasteiger partial charge on any atom is -0.358 e. The largest absolute Gasteiger partial charge is 0.358 e. The molecule has 3 heterocycles. The molecule has 2 N–H and O–H groups in total. The molecule has 1 saturated heterocycles. The van der Waals surface area contributed by atoms with E-state index in [-0.39, 0.29) is 24.2 Å². The molecule has 1 atom stereocenters. The summed E-state index contributed by atoms with van der Waals surface area (Å²) in [6.07, 6.45) is 5.51. The summed E-state index contributed by atoms with van der Waals surface area (Å²) in [5, 5.41) is 6.17. The van der Waals surface area contributed by atoms with Gasteiger partial charge in [-0.25, -0.2) is 9.37 Å². The number of pyridine rings is 1. The second-order valence-electron chi connectivity index (χ2n) is 8.17. The number of thiazole rings is 1. The van der Waals surface area contributed by atoms with E-state index in [0.29, 0.717) is 24.5 Å². The molecular formula is C24H26FN5O2S. The second-order valence-corrected chi connectivity index (χ2v) is 9.29. The predicted octanol–water partition coefficient (Wildman–Crippen LogP) is 2.99. The van der Waals surface area contributed by atoms with Crippen molar-refractivity contribution >= 4 is 28.3 Å². The van der Waals surface area contributed by atoms with Crippen molar-refractivity contribution in [3.05, 3.63) is 76.8 Å². The molecule has 4 rings (SSSR count). The van der Waals surface area contributed by atoms with Crippen LogP contribution < -0.4 is 10.6 Å². The van der Waals surface area contributed by atoms with Gasteiger partial charge in [0.1, 0.15) is 11.2 Å². The Bertz CT molecular complexity index is 1110. The predicted molar refractivity (Wildman–Crippen MR) is 126 cm³/mol. The van der Waals surface area contributed by atoms with E-state index in [1.807, 2.05) is 23.1 Å². The number of aromatic nitrogens is 2. The Morgan fingerprint density at radius 2 is 2.00 bits per heavy atom. The minimum absolute atomic E-state index is 0.0864. The average Bonchev–Trinajstić information content (AvgIpc) is 3.27. The molecule has 7 nitrogen and oxygen atoms in total. The number of hydrogen-bond donors (Lipinski definition) is 2. The summed E-state index contributed by atoms with van der Waals surface area (Å²) in [4.78, 5) is 37.3. The molecule has 0 aliphatic carbocycles. The van der Waals surface area contributed by atoms with Gasteiger partial charge in [-0.05, 0) is 49.2 Å². The minimum atomic E-state index is -0.780. The summed E-state index contributed by atoms with van der Waals surface area (Å²) in [5.74, 6) is -0.528. The quantitative estimate of drug-likeness (QED) is 0.558. The second kappa shape index (κ2) is 10.2. The van der Waals surface area contributed by atoms with Crippen molar-refractivity contribution in [2.24, 2.45) is 0 Å². The zero-order chi connectivity index (χ0) is 23.3. The normalized spacial score (nSPS) is 18.6. The topological polar surface area (TPSA) is 87.2 Å². The molecule has 2 aromatic heterocycles. The van der Waals surface area contributed by atoms with Crippen LogP contribution in [0.2, 0.25) is 0 Å². The molecule has 1 fully saturated rings. The number of carbonyl (C=O) groups is 2. The summed E-state index contributed by atoms with van der Waals surface area (Å²) >= 11 is 1.40. The van der Waals surface area contributed by atoms with Crippen LogP contribution >= 0.6 is 11.3 Å². The van der Waals surface area contributed by atoms with Crippen LogP contribution in [-0.2, 0) is 21.4 Å². The fourth-order valence-electron chi connectivity index (χ4n) is 4.29. The number of halogens is 1. The summed E-state index contributed by atoms with van der Waals surface area (Å²) < 4.78 is 13.1. The summed E-state index contributed by atoms with van der Waals surface area (Å²) in [6, 6.07) is 11.9. The molecule has 0 radical (unpaired) electrons. The fraction of sp³-hybridized carbons (Fsp3) is 0.333. The van der Waals surface area contributed by atoms with Gasteiger partial charge in [0.2, 0.25) is 11.8 Å². The molecular weight excluding hydrogens is 441 g/mol. The lowest BCUT2D eigenvalue weighted by Gasteiger charge is -2.40. The lowest BCUT2D eigenvalue weighted by Crippen LogP contribution is -2.55. The van der Waals surface area contributed by atoms with E-state index in [0.717, 1.165) is 29.1 Å². The molecule has 0 bridgehead atoms. The van der Waals surface area contributed by atoms with E-state index in [9.17, 15) is 14.0 Å². The van der Waals surface area contributed by atoms with Gasteiger partial charge < -0.3 is 10.6 Å². The number of amides is 2. The Balaban J connectivity index is 1.39. The van der Waals surface area contributed by atoms with Crippen LogP contribution in [-0.4, -0.2) is 53.4 Å². The molecule has 0 spiro atoms. The maximum Gasteiger partial charge on any atom is 0.240 e. The van der Waals surface area contributed by atoms with E-state index in [2.05, 4.69) is 20.6 Å². The van der Waals surface area contributed by atoms with E-state index in [4.69, 9.17) is 0 Å². The monoisotopic (exact) mass is 467 g/mol. The number of likely N-dealkylation sites (N-methyl/N-ethyl adjacent to an activating group) is 1. The molecule has 172 valence electrons. The van der Waals surface area contributed by atoms with Crippen LogP contribution in [0, 0.1) is 5.82 Å². The van der Waals surface area contributed by atoms with Crippen LogP contribution in [0.4, 0.5) is 9.52 Å². The highest BCUT2D eigenvalue weighted by Crippen LogP contribution is 2.33. The first kappa shape index (κ1) is 23.0. The van der Waals surface area contributed by atoms with E-state index in [1.54, 1.807) is 31.6 Å². The number of rotatable bonds is 7. The van der Waals surface area contributed by atoms with Gasteiger partial charge in [0.15, 0.2) is 5.13 Å². The standard InChI is InChI=1S/C24H26FN5O2S/c1-26-22(32)24(20-5-2-3-11-27-20)10-4-12-30(16-24)15-21(31)29-23-28-14-19(33-23)13-17-6-8-18(25)9-7-17/h2-3,5-9,11,14H,4,10,12-13,15-16H2,1H3,(H,26,32)(H,28,29,31)/t24-/m1/s1. The molecule has 0 unspecified atom stereocenters. The zero-order valence-corrected chi connectivity index (χ0v) is 19.2. The highest BCUT2D eigenvalue weighted by atomic mass is 32.1. The van der Waals surface area contributed by atoms with Gasteiger partial charge in [-0.2, -0.15) is 0 Å². The number of nitrogens with zero attached hydrogens (tertiary/aromatic N) is 3. The van der Waals surface area contributed by atoms with Gasteiger partial charge in [0, 0.05) is 37.3 Å². The van der Waals surface area contributed by atoms with Crippen LogP contribution in [0.25, 0.3) is 0 Å². The highest BCUT2D eigenvalue weighted by Gasteiger charge is 2.44. The number of hydrogen-bond acceptors (Lipinski definition) is 6. The maximum absolute atomic E-state index is 13.1. The number of likely N-dealkylation sites (tertiary alicyclic amines) is 1. The molecule has 0 saturated carbocycles. The molecule has 1 aromatic carbocycles. The van der Waals surface area contributed by atoms with Crippen LogP contribution in [0.3, 0.4) is 0 Å². The van der Waals surface area contributed by atoms with Crippen molar-refractivity contribution in [3.8, 4) is 0 Å². The molecule has 1 aliphatic heterocycles. The first-order chi connectivity index (χ1) is 16.0. The van der Waals surface area contributed by atoms with Crippen LogP contribution in [0.5, 0.6) is 0 Å². The third-order valence-corrected chi connectivity index (χ3v) is 6.76. The van der Waals surface area contributed by atoms with Crippen molar-refractivity contribution in [1.29, 1.82) is 0 Å². The summed E-state index contributed by atoms with van der Waals surface area (Å²) in [5.41, 5.74) is 0.920. The number of carbonyl (C=O) groups excluding carboxylic acids is 2. The smallest absolute Gasteiger partial charge is 0.240 e. The van der Waals surface area contributed by atoms with Gasteiger partial charge in [-0.1, -0.05) is 18.2 Å². The van der Waals surface area contributed by atoms with Gasteiger partial charge in [-0.3, -0.25) is 19.5 Å². The number of anilines is 1. The van der Waals surface area contributed by atoms with E-state index < -0.39 is 5.41 Å². The lowest BCUT2D eigenvalue weighted by atomic mass is 9.75. The van der Waals surface area contributed by atoms with Gasteiger partial charge >= 0.3 is 0 Å². The van der Waals surface area contributed by atoms with Crippen molar-refractivity contribution in [1.82, 2.24) is 20.2 Å². The molecule has 3 aromatic rings. The first-order valence-corrected chi connectivity index (χ1v) is 11.7. The Morgan fingerprint density at radius 1 is 1.18 bits per heavy atom. The number of benzene rings is 1. The van der Waals surface area contributed by atoms with E-state index in [1.165, 1.54) is 23.5 Å². The Morgan fingerprint density at radius 3 is 2.73 bits per heavy atom. The molecule has 1 aliphatic rings. The van der Waals surface area contributed by atoms with Crippen molar-refractivity contribution < 1.29 is 14.0 Å². The summed E-state index contributed by atoms with van der Waals surface area (Å²) in [6.45, 7) is 1.32. The third-order valence-electron chi connectivity index (χ3n) is 5.85. The molecule has 2 amide bonds. The van der Waals surface area contributed by atoms with Gasteiger partial charge in [0.05, 0.1) is 12.2 Å². The Labute approximate surface area is 196 Å². The van der Waals surface area contributed by atoms with Crippen molar-refractivity contribution in [3.63, 3.8) is 0 Å². The zero-order valence-electron chi connectivity index (χ0n) is 18.4. The highest BCUT2D eigenvalue weighted by molar-refractivity contribution is 7.15. The first-order valence-electron chi connectivity index (χ1n) is 10.8. The molecule has 33 heavy (non-hydrogen) atoms. The SMILES string of the molecule is CNC(=O)[C@]1(c2ccccn2)CCCN(CC(=O)Nc2ncc(Cc3ccc(F)cc3)s2)C1. The number of piperidine rings is 1. The maximum atomic E-state index is 13.1. The fourth-order valence-corrected chi connectivity index (χ4v) is 5.15. The molecule has 9 heteroatoms. The van der Waals surface area contributed by atoms with E-state index >= 15 is 0 Å². The van der Waals surface area contributed by atoms with Crippen LogP contribution in [0.1, 0.15) is 29.0 Å². The Kier molecular flexibility index (Phi) is 7.10. The van der Waals surface area contributed by atoms with Crippen molar-refractivity contribution in [2.45, 2.75) is 24.7 Å². The van der Waals surface area contributed by atoms with Crippen LogP contribution in [0.15, 0.2) is 54.9 Å². The average molecular weight is 468 g/mol. The third kappa shape index (κ3) is 5.43. The number of nitrogens with one attached hydrogen (secondary N) is 2. The van der Waals surface area contributed by atoms with Crippen molar-refractivity contribution in [2.75, 3.05) is 32.0 Å². The lowest BCUT2D eigenvalue weighted by molar-refractivity contribution is -0.130. The Hall–Kier alpha value is -3.17. The van der Waals surface area contributed by atoms with Gasteiger partial charge in [-0.15, -0.1) is 11.3 Å².